The van der Waals surface area contributed by atoms with Gasteiger partial charge in [0.1, 0.15) is 24.2 Å². The highest BCUT2D eigenvalue weighted by Crippen LogP contribution is 2.25. The minimum absolute atomic E-state index is 0.0861. The van der Waals surface area contributed by atoms with Crippen LogP contribution < -0.4 is 4.74 Å². The van der Waals surface area contributed by atoms with E-state index in [2.05, 4.69) is 4.98 Å². The Morgan fingerprint density at radius 3 is 1.10 bits per heavy atom. The summed E-state index contributed by atoms with van der Waals surface area (Å²) in [5.41, 5.74) is 3.13. The van der Waals surface area contributed by atoms with Crippen LogP contribution in [0, 0.1) is 23.7 Å². The summed E-state index contributed by atoms with van der Waals surface area (Å²) in [4.78, 5) is 125. The lowest BCUT2D eigenvalue weighted by atomic mass is 9.99. The molecule has 4 rings (SSSR count). The first kappa shape index (κ1) is 62.7. The molecule has 2 heterocycles. The number of hydrogen-bond acceptors (Lipinski definition) is 14. The van der Waals surface area contributed by atoms with E-state index in [0.29, 0.717) is 23.4 Å². The van der Waals surface area contributed by atoms with Crippen molar-refractivity contribution in [1.82, 2.24) is 24.6 Å². The average molecular weight is 1070 g/mol. The van der Waals surface area contributed by atoms with Gasteiger partial charge in [-0.05, 0) is 91.9 Å². The molecule has 4 amide bonds. The van der Waals surface area contributed by atoms with Gasteiger partial charge < -0.3 is 43.3 Å². The Kier molecular flexibility index (Phi) is 23.6. The van der Waals surface area contributed by atoms with Crippen molar-refractivity contribution in [1.29, 1.82) is 0 Å². The molecule has 1 fully saturated rings. The number of carbonyl (C=O) groups is 8. The summed E-state index contributed by atoms with van der Waals surface area (Å²) in [5, 5.41) is 0. The van der Waals surface area contributed by atoms with Gasteiger partial charge in [0, 0.05) is 53.3 Å². The monoisotopic (exact) mass is 1070 g/mol. The molecule has 18 nitrogen and oxygen atoms in total. The van der Waals surface area contributed by atoms with Gasteiger partial charge in [-0.1, -0.05) is 116 Å². The fourth-order valence-corrected chi connectivity index (χ4v) is 9.19. The Morgan fingerprint density at radius 1 is 0.442 bits per heavy atom. The Bertz CT molecular complexity index is 2450. The molecule has 2 aromatic carbocycles. The molecule has 1 saturated heterocycles. The third-order valence-corrected chi connectivity index (χ3v) is 13.6. The minimum Gasteiger partial charge on any atom is -0.481 e. The van der Waals surface area contributed by atoms with E-state index in [4.69, 9.17) is 23.7 Å². The first-order valence-corrected chi connectivity index (χ1v) is 26.7. The molecular weight excluding hydrogens is 987 g/mol. The first-order chi connectivity index (χ1) is 36.2. The van der Waals surface area contributed by atoms with Crippen LogP contribution in [0.15, 0.2) is 72.9 Å². The molecule has 1 aromatic heterocycles. The van der Waals surface area contributed by atoms with Gasteiger partial charge in [0.15, 0.2) is 24.4 Å². The van der Waals surface area contributed by atoms with E-state index < -0.39 is 96.1 Å². The van der Waals surface area contributed by atoms with Crippen molar-refractivity contribution in [2.75, 3.05) is 35.3 Å². The number of aromatic nitrogens is 1. The van der Waals surface area contributed by atoms with Crippen molar-refractivity contribution in [3.8, 4) is 5.88 Å². The molecule has 18 heteroatoms. The summed E-state index contributed by atoms with van der Waals surface area (Å²) in [6.07, 6.45) is -3.55. The zero-order valence-corrected chi connectivity index (χ0v) is 47.8. The molecule has 1 aliphatic rings. The smallest absolute Gasteiger partial charge is 0.329 e. The number of esters is 4. The third kappa shape index (κ3) is 18.1. The van der Waals surface area contributed by atoms with Gasteiger partial charge in [0.25, 0.3) is 23.6 Å². The Balaban J connectivity index is 1.85. The number of nitrogens with zero attached hydrogens (tertiary/aromatic N) is 5. The predicted octanol–water partition coefficient (Wildman–Crippen LogP) is 6.66. The van der Waals surface area contributed by atoms with Crippen LogP contribution in [0.5, 0.6) is 5.88 Å². The van der Waals surface area contributed by atoms with E-state index in [9.17, 15) is 38.4 Å². The van der Waals surface area contributed by atoms with Crippen LogP contribution in [0.4, 0.5) is 0 Å². The summed E-state index contributed by atoms with van der Waals surface area (Å²) in [6.45, 7) is 17.5. The molecule has 0 spiro atoms. The van der Waals surface area contributed by atoms with Crippen molar-refractivity contribution >= 4 is 47.5 Å². The molecule has 0 bridgehead atoms. The van der Waals surface area contributed by atoms with E-state index in [1.807, 2.05) is 85.7 Å². The fourth-order valence-electron chi connectivity index (χ4n) is 9.19. The van der Waals surface area contributed by atoms with Gasteiger partial charge in [0.2, 0.25) is 5.88 Å². The number of cyclic esters (lactones) is 4. The molecule has 0 saturated carbocycles. The second kappa shape index (κ2) is 29.0. The number of benzene rings is 2. The lowest BCUT2D eigenvalue weighted by molar-refractivity contribution is -0.176. The number of ether oxygens (including phenoxy) is 5. The number of methoxy groups -OCH3 is 1. The van der Waals surface area contributed by atoms with E-state index >= 15 is 0 Å². The second-order valence-corrected chi connectivity index (χ2v) is 22.0. The van der Waals surface area contributed by atoms with Crippen LogP contribution in [0.2, 0.25) is 0 Å². The molecule has 1 aliphatic heterocycles. The zero-order chi connectivity index (χ0) is 57.4. The molecule has 0 unspecified atom stereocenters. The number of amides is 4. The molecule has 0 N–H and O–H groups in total. The average Bonchev–Trinajstić information content (AvgIpc) is 3.38. The van der Waals surface area contributed by atoms with Crippen LogP contribution >= 0.6 is 0 Å². The second-order valence-electron chi connectivity index (χ2n) is 22.0. The van der Waals surface area contributed by atoms with Gasteiger partial charge in [-0.3, -0.25) is 19.2 Å². The number of pyridine rings is 1. The maximum absolute atomic E-state index is 15.0. The van der Waals surface area contributed by atoms with Crippen molar-refractivity contribution < 1.29 is 62.0 Å². The summed E-state index contributed by atoms with van der Waals surface area (Å²) in [6, 6.07) is 14.8. The number of likely N-dealkylation sites (N-methyl/N-ethyl adjacent to an activating group) is 4. The quantitative estimate of drug-likeness (QED) is 0.115. The van der Waals surface area contributed by atoms with Crippen molar-refractivity contribution in [2.24, 2.45) is 23.7 Å². The van der Waals surface area contributed by atoms with Gasteiger partial charge in [-0.2, -0.15) is 0 Å². The highest BCUT2D eigenvalue weighted by Gasteiger charge is 2.43. The standard InChI is InChI=1S/C59H83N5O13/c1-35(2)27-45-56(69)74-40(10)53(66)62(12)48(30-38(7)8)59(72)77-50(33-43-23-21-42(22-24-43)31-44-25-26-51(73-15)60-34-44)55(68)64(14)46(28-36(3)4)57(70)75-39(9)52(65)61(11)47(29-37(5)6)58(71)76-49(54(67)63(45)13)32-41-19-17-16-18-20-41/h16-26,34-40,45-50H,27-33H2,1-15H3/t39-,40-,45+,46+,47+,48+,49-,50-/m1/s1. The van der Waals surface area contributed by atoms with E-state index in [1.165, 1.54) is 42.0 Å². The van der Waals surface area contributed by atoms with Crippen LogP contribution in [0.1, 0.15) is 117 Å². The van der Waals surface area contributed by atoms with Crippen LogP contribution in [-0.2, 0) is 76.6 Å². The van der Waals surface area contributed by atoms with Gasteiger partial charge >= 0.3 is 23.9 Å². The summed E-state index contributed by atoms with van der Waals surface area (Å²) < 4.78 is 29.2. The maximum atomic E-state index is 15.0. The van der Waals surface area contributed by atoms with Crippen molar-refractivity contribution in [3.05, 3.63) is 95.2 Å². The molecule has 8 atom stereocenters. The highest BCUT2D eigenvalue weighted by atomic mass is 16.6. The predicted molar refractivity (Wildman–Crippen MR) is 289 cm³/mol. The van der Waals surface area contributed by atoms with E-state index in [1.54, 1.807) is 49.7 Å². The third-order valence-electron chi connectivity index (χ3n) is 13.6. The van der Waals surface area contributed by atoms with Crippen molar-refractivity contribution in [2.45, 2.75) is 163 Å². The molecular formula is C59H83N5O13. The van der Waals surface area contributed by atoms with E-state index in [0.717, 1.165) is 30.7 Å². The normalized spacial score (nSPS) is 23.6. The lowest BCUT2D eigenvalue weighted by Crippen LogP contribution is -2.55. The Hall–Kier alpha value is -6.85. The number of rotatable bonds is 15. The van der Waals surface area contributed by atoms with Crippen molar-refractivity contribution in [3.63, 3.8) is 0 Å². The number of carbonyl (C=O) groups excluding carboxylic acids is 8. The van der Waals surface area contributed by atoms with Gasteiger partial charge in [0.05, 0.1) is 7.11 Å². The zero-order valence-electron chi connectivity index (χ0n) is 47.8. The molecule has 422 valence electrons. The maximum Gasteiger partial charge on any atom is 0.329 e. The number of hydrogen-bond donors (Lipinski definition) is 0. The summed E-state index contributed by atoms with van der Waals surface area (Å²) >= 11 is 0. The fraction of sp³-hybridized carbons (Fsp3) is 0.576. The van der Waals surface area contributed by atoms with E-state index in [-0.39, 0.29) is 62.2 Å². The van der Waals surface area contributed by atoms with Gasteiger partial charge in [-0.15, -0.1) is 0 Å². The summed E-state index contributed by atoms with van der Waals surface area (Å²) in [5.74, 6) is -6.84. The highest BCUT2D eigenvalue weighted by molar-refractivity contribution is 5.94. The lowest BCUT2D eigenvalue weighted by Gasteiger charge is -2.35. The SMILES string of the molecule is COc1ccc(Cc2ccc(C[C@H]3OC(=O)[C@H](CC(C)C)N(C)C(=O)[C@@H](C)OC(=O)[C@H](CC(C)C)N(C)C(=O)[C@@H](Cc4ccccc4)OC(=O)[C@H](CC(C)C)N(C)C(=O)[C@@H](C)OC(=O)[C@H](CC(C)C)N(C)C3=O)cc2)cn1. The van der Waals surface area contributed by atoms with Crippen LogP contribution in [-0.4, -0.2) is 156 Å². The topological polar surface area (TPSA) is 209 Å². The van der Waals surface area contributed by atoms with Crippen LogP contribution in [0.25, 0.3) is 0 Å². The van der Waals surface area contributed by atoms with Gasteiger partial charge in [-0.25, -0.2) is 24.2 Å². The summed E-state index contributed by atoms with van der Waals surface area (Å²) in [7, 11) is 7.10. The Labute approximate surface area is 455 Å². The van der Waals surface area contributed by atoms with Crippen LogP contribution in [0.3, 0.4) is 0 Å². The molecule has 3 aromatic rings. The Morgan fingerprint density at radius 2 is 0.766 bits per heavy atom. The molecule has 77 heavy (non-hydrogen) atoms. The molecule has 0 aliphatic carbocycles. The largest absolute Gasteiger partial charge is 0.481 e. The minimum atomic E-state index is -1.53. The first-order valence-electron chi connectivity index (χ1n) is 26.7. The molecule has 0 radical (unpaired) electrons.